The number of hydrogen-bond acceptors (Lipinski definition) is 2. The number of guanidine groups is 1. The molecule has 4 rings (SSSR count). The second-order valence-electron chi connectivity index (χ2n) is 7.46. The molecule has 0 radical (unpaired) electrons. The molecule has 0 amide bonds. The third kappa shape index (κ3) is 3.55. The van der Waals surface area contributed by atoms with Crippen molar-refractivity contribution in [2.75, 3.05) is 39.4 Å². The summed E-state index contributed by atoms with van der Waals surface area (Å²) >= 11 is 6.15. The van der Waals surface area contributed by atoms with Crippen molar-refractivity contribution in [1.29, 1.82) is 0 Å². The fraction of sp³-hybridized carbons (Fsp3) is 0.550. The first kappa shape index (κ1) is 17.7. The van der Waals surface area contributed by atoms with Crippen LogP contribution < -0.4 is 5.32 Å². The van der Waals surface area contributed by atoms with Crippen LogP contribution in [0.5, 0.6) is 0 Å². The number of ether oxygens (including phenoxy) is 1. The number of likely N-dealkylation sites (tertiary alicyclic amines) is 1. The molecule has 0 aliphatic carbocycles. The van der Waals surface area contributed by atoms with E-state index in [0.29, 0.717) is 5.41 Å². The number of hydrogen-bond donors (Lipinski definition) is 2. The van der Waals surface area contributed by atoms with Crippen LogP contribution in [0.25, 0.3) is 10.9 Å². The molecule has 1 spiro atoms. The van der Waals surface area contributed by atoms with Gasteiger partial charge in [-0.2, -0.15) is 0 Å². The number of aliphatic imine (C=N–C) groups is 1. The van der Waals surface area contributed by atoms with Crippen molar-refractivity contribution in [2.24, 2.45) is 10.4 Å². The van der Waals surface area contributed by atoms with Crippen LogP contribution in [0.1, 0.15) is 25.3 Å². The third-order valence-corrected chi connectivity index (χ3v) is 5.87. The molecular weight excluding hydrogens is 348 g/mol. The normalized spacial score (nSPS) is 23.5. The van der Waals surface area contributed by atoms with Crippen molar-refractivity contribution in [1.82, 2.24) is 15.2 Å². The van der Waals surface area contributed by atoms with Gasteiger partial charge in [0.2, 0.25) is 0 Å². The van der Waals surface area contributed by atoms with Gasteiger partial charge in [0, 0.05) is 60.3 Å². The van der Waals surface area contributed by atoms with Gasteiger partial charge in [0.05, 0.1) is 6.61 Å². The second-order valence-corrected chi connectivity index (χ2v) is 7.90. The maximum absolute atomic E-state index is 6.15. The Morgan fingerprint density at radius 3 is 3.15 bits per heavy atom. The zero-order chi connectivity index (χ0) is 18.0. The maximum atomic E-state index is 6.15. The maximum Gasteiger partial charge on any atom is 0.193 e. The van der Waals surface area contributed by atoms with Crippen LogP contribution >= 0.6 is 11.6 Å². The van der Waals surface area contributed by atoms with Crippen molar-refractivity contribution < 1.29 is 4.74 Å². The van der Waals surface area contributed by atoms with Gasteiger partial charge in [-0.15, -0.1) is 0 Å². The minimum atomic E-state index is 0.351. The number of aromatic amines is 1. The molecule has 1 unspecified atom stereocenters. The minimum absolute atomic E-state index is 0.351. The Morgan fingerprint density at radius 1 is 1.42 bits per heavy atom. The highest BCUT2D eigenvalue weighted by Crippen LogP contribution is 2.38. The molecule has 1 aromatic carbocycles. The Morgan fingerprint density at radius 2 is 2.35 bits per heavy atom. The number of rotatable bonds is 4. The lowest BCUT2D eigenvalue weighted by atomic mass is 9.87. The van der Waals surface area contributed by atoms with Gasteiger partial charge in [-0.05, 0) is 49.9 Å². The van der Waals surface area contributed by atoms with Crippen molar-refractivity contribution in [3.05, 3.63) is 35.0 Å². The lowest BCUT2D eigenvalue weighted by molar-refractivity contribution is 0.156. The molecule has 2 aliphatic rings. The zero-order valence-corrected chi connectivity index (χ0v) is 16.1. The predicted molar refractivity (Wildman–Crippen MR) is 107 cm³/mol. The molecule has 2 saturated heterocycles. The van der Waals surface area contributed by atoms with Crippen LogP contribution in [0.4, 0.5) is 0 Å². The smallest absolute Gasteiger partial charge is 0.193 e. The van der Waals surface area contributed by atoms with E-state index in [1.807, 2.05) is 18.2 Å². The van der Waals surface area contributed by atoms with Gasteiger partial charge in [-0.1, -0.05) is 11.6 Å². The molecule has 2 fully saturated rings. The molecule has 1 aromatic heterocycles. The molecule has 2 N–H and O–H groups in total. The average molecular weight is 375 g/mol. The Bertz CT molecular complexity index is 794. The number of halogens is 1. The summed E-state index contributed by atoms with van der Waals surface area (Å²) in [5, 5.41) is 5.43. The van der Waals surface area contributed by atoms with Crippen LogP contribution in [-0.4, -0.2) is 55.2 Å². The monoisotopic (exact) mass is 374 g/mol. The number of fused-ring (bicyclic) bond motifs is 1. The van der Waals surface area contributed by atoms with E-state index in [0.717, 1.165) is 62.3 Å². The summed E-state index contributed by atoms with van der Waals surface area (Å²) in [6.07, 6.45) is 5.36. The van der Waals surface area contributed by atoms with Gasteiger partial charge < -0.3 is 19.9 Å². The molecular formula is C20H27ClN4O. The average Bonchev–Trinajstić information content (AvgIpc) is 3.36. The predicted octanol–water partition coefficient (Wildman–Crippen LogP) is 3.44. The molecule has 3 heterocycles. The summed E-state index contributed by atoms with van der Waals surface area (Å²) in [6, 6.07) is 5.98. The van der Waals surface area contributed by atoms with Crippen molar-refractivity contribution >= 4 is 28.5 Å². The third-order valence-electron chi connectivity index (χ3n) is 5.63. The van der Waals surface area contributed by atoms with Crippen LogP contribution in [0.15, 0.2) is 29.4 Å². The molecule has 2 aromatic rings. The molecule has 140 valence electrons. The van der Waals surface area contributed by atoms with Crippen LogP contribution in [0.2, 0.25) is 5.02 Å². The second kappa shape index (κ2) is 7.49. The number of nitrogens with zero attached hydrogens (tertiary/aromatic N) is 2. The molecule has 26 heavy (non-hydrogen) atoms. The number of benzene rings is 1. The van der Waals surface area contributed by atoms with Crippen molar-refractivity contribution in [3.63, 3.8) is 0 Å². The van der Waals surface area contributed by atoms with Gasteiger partial charge >= 0.3 is 0 Å². The van der Waals surface area contributed by atoms with Crippen LogP contribution in [0.3, 0.4) is 0 Å². The summed E-state index contributed by atoms with van der Waals surface area (Å²) in [4.78, 5) is 10.6. The highest BCUT2D eigenvalue weighted by molar-refractivity contribution is 6.31. The molecule has 5 nitrogen and oxygen atoms in total. The largest absolute Gasteiger partial charge is 0.381 e. The van der Waals surface area contributed by atoms with Gasteiger partial charge in [-0.3, -0.25) is 4.99 Å². The fourth-order valence-corrected chi connectivity index (χ4v) is 4.32. The first-order valence-electron chi connectivity index (χ1n) is 9.56. The summed E-state index contributed by atoms with van der Waals surface area (Å²) in [5.41, 5.74) is 2.75. The number of H-pyrrole nitrogens is 1. The summed E-state index contributed by atoms with van der Waals surface area (Å²) < 4.78 is 5.65. The van der Waals surface area contributed by atoms with Crippen molar-refractivity contribution in [2.45, 2.75) is 26.2 Å². The standard InChI is InChI=1S/C20H27ClN4O/c1-2-22-19(25-9-6-20(13-25)7-10-26-14-20)23-8-5-15-12-24-18-4-3-16(21)11-17(15)18/h3-4,11-12,24H,2,5-10,13-14H2,1H3,(H,22,23). The first-order chi connectivity index (χ1) is 12.7. The van der Waals surface area contributed by atoms with Crippen LogP contribution in [0, 0.1) is 5.41 Å². The van der Waals surface area contributed by atoms with E-state index in [4.69, 9.17) is 21.3 Å². The van der Waals surface area contributed by atoms with E-state index in [2.05, 4.69) is 28.3 Å². The van der Waals surface area contributed by atoms with Crippen molar-refractivity contribution in [3.8, 4) is 0 Å². The Kier molecular flexibility index (Phi) is 5.09. The van der Waals surface area contributed by atoms with Gasteiger partial charge in [-0.25, -0.2) is 0 Å². The Hall–Kier alpha value is -1.72. The summed E-state index contributed by atoms with van der Waals surface area (Å²) in [6.45, 7) is 7.72. The zero-order valence-electron chi connectivity index (χ0n) is 15.4. The lowest BCUT2D eigenvalue weighted by Gasteiger charge is -2.25. The fourth-order valence-electron chi connectivity index (χ4n) is 4.15. The van der Waals surface area contributed by atoms with E-state index in [1.54, 1.807) is 0 Å². The first-order valence-corrected chi connectivity index (χ1v) is 9.93. The number of nitrogens with one attached hydrogen (secondary N) is 2. The van der Waals surface area contributed by atoms with E-state index in [9.17, 15) is 0 Å². The van der Waals surface area contributed by atoms with Gasteiger partial charge in [0.1, 0.15) is 0 Å². The quantitative estimate of drug-likeness (QED) is 0.636. The highest BCUT2D eigenvalue weighted by atomic mass is 35.5. The molecule has 0 bridgehead atoms. The Balaban J connectivity index is 1.43. The highest BCUT2D eigenvalue weighted by Gasteiger charge is 2.42. The van der Waals surface area contributed by atoms with E-state index in [1.165, 1.54) is 23.8 Å². The number of aromatic nitrogens is 1. The molecule has 2 aliphatic heterocycles. The summed E-state index contributed by atoms with van der Waals surface area (Å²) in [5.74, 6) is 1.04. The van der Waals surface area contributed by atoms with Crippen LogP contribution in [-0.2, 0) is 11.2 Å². The minimum Gasteiger partial charge on any atom is -0.381 e. The summed E-state index contributed by atoms with van der Waals surface area (Å²) in [7, 11) is 0. The van der Waals surface area contributed by atoms with Gasteiger partial charge in [0.25, 0.3) is 0 Å². The van der Waals surface area contributed by atoms with Gasteiger partial charge in [0.15, 0.2) is 5.96 Å². The van der Waals surface area contributed by atoms with E-state index < -0.39 is 0 Å². The molecule has 6 heteroatoms. The van der Waals surface area contributed by atoms with E-state index >= 15 is 0 Å². The SMILES string of the molecule is CCNC(=NCCc1c[nH]c2ccc(Cl)cc12)N1CCC2(CCOC2)C1. The van der Waals surface area contributed by atoms with E-state index in [-0.39, 0.29) is 0 Å². The molecule has 1 atom stereocenters. The Labute approximate surface area is 159 Å². The lowest BCUT2D eigenvalue weighted by Crippen LogP contribution is -2.41. The topological polar surface area (TPSA) is 52.7 Å². The molecule has 0 saturated carbocycles.